The Bertz CT molecular complexity index is 281. The van der Waals surface area contributed by atoms with E-state index < -0.39 is 0 Å². The van der Waals surface area contributed by atoms with E-state index in [9.17, 15) is 9.59 Å². The number of hydrogen-bond acceptors (Lipinski definition) is 4. The highest BCUT2D eigenvalue weighted by Crippen LogP contribution is 2.03. The van der Waals surface area contributed by atoms with Crippen molar-refractivity contribution in [2.24, 2.45) is 11.5 Å². The van der Waals surface area contributed by atoms with Gasteiger partial charge in [-0.3, -0.25) is 9.59 Å². The molecule has 0 saturated heterocycles. The summed E-state index contributed by atoms with van der Waals surface area (Å²) in [4.78, 5) is 27.2. The number of nitrogens with two attached hydrogens (primary N) is 2. The summed E-state index contributed by atoms with van der Waals surface area (Å²) in [7, 11) is 3.68. The monoisotopic (exact) mass is 314 g/mol. The SMILES string of the molecule is CN(CCCCN(C)C(=O)CCCCN)C(=O)CCCCN. The van der Waals surface area contributed by atoms with E-state index in [0.717, 1.165) is 51.6 Å². The fraction of sp³-hybridized carbons (Fsp3) is 0.875. The fourth-order valence-corrected chi connectivity index (χ4v) is 2.17. The third-order valence-corrected chi connectivity index (χ3v) is 3.78. The number of unbranched alkanes of at least 4 members (excludes halogenated alkanes) is 3. The van der Waals surface area contributed by atoms with Crippen LogP contribution in [-0.4, -0.2) is 61.9 Å². The maximum absolute atomic E-state index is 11.8. The Morgan fingerprint density at radius 1 is 0.682 bits per heavy atom. The number of nitrogens with zero attached hydrogens (tertiary/aromatic N) is 2. The summed E-state index contributed by atoms with van der Waals surface area (Å²) in [5, 5.41) is 0. The average Bonchev–Trinajstić information content (AvgIpc) is 2.51. The van der Waals surface area contributed by atoms with Crippen molar-refractivity contribution >= 4 is 11.8 Å². The molecule has 130 valence electrons. The van der Waals surface area contributed by atoms with E-state index in [1.165, 1.54) is 0 Å². The normalized spacial score (nSPS) is 10.5. The van der Waals surface area contributed by atoms with Gasteiger partial charge in [-0.25, -0.2) is 0 Å². The predicted molar refractivity (Wildman–Crippen MR) is 90.3 cm³/mol. The van der Waals surface area contributed by atoms with Crippen LogP contribution in [0, 0.1) is 0 Å². The minimum Gasteiger partial charge on any atom is -0.346 e. The van der Waals surface area contributed by atoms with E-state index in [2.05, 4.69) is 0 Å². The molecule has 4 N–H and O–H groups in total. The van der Waals surface area contributed by atoms with Gasteiger partial charge in [-0.2, -0.15) is 0 Å². The van der Waals surface area contributed by atoms with Crippen molar-refractivity contribution in [2.45, 2.75) is 51.4 Å². The van der Waals surface area contributed by atoms with Crippen LogP contribution in [0.3, 0.4) is 0 Å². The molecule has 0 radical (unpaired) electrons. The summed E-state index contributed by atoms with van der Waals surface area (Å²) in [6, 6.07) is 0. The number of hydrogen-bond donors (Lipinski definition) is 2. The molecule has 0 aromatic rings. The molecule has 0 unspecified atom stereocenters. The highest BCUT2D eigenvalue weighted by atomic mass is 16.2. The van der Waals surface area contributed by atoms with Gasteiger partial charge in [0.25, 0.3) is 0 Å². The van der Waals surface area contributed by atoms with E-state index in [1.54, 1.807) is 9.80 Å². The molecule has 0 aliphatic carbocycles. The molecule has 0 aromatic heterocycles. The Kier molecular flexibility index (Phi) is 12.8. The maximum atomic E-state index is 11.8. The van der Waals surface area contributed by atoms with Gasteiger partial charge in [-0.15, -0.1) is 0 Å². The van der Waals surface area contributed by atoms with Gasteiger partial charge in [0.15, 0.2) is 0 Å². The smallest absolute Gasteiger partial charge is 0.222 e. The average molecular weight is 314 g/mol. The van der Waals surface area contributed by atoms with E-state index in [-0.39, 0.29) is 11.8 Å². The lowest BCUT2D eigenvalue weighted by atomic mass is 10.2. The lowest BCUT2D eigenvalue weighted by Gasteiger charge is -2.19. The van der Waals surface area contributed by atoms with Crippen LogP contribution >= 0.6 is 0 Å². The summed E-state index contributed by atoms with van der Waals surface area (Å²) < 4.78 is 0. The lowest BCUT2D eigenvalue weighted by Crippen LogP contribution is -2.30. The summed E-state index contributed by atoms with van der Waals surface area (Å²) in [6.07, 6.45) is 6.51. The first kappa shape index (κ1) is 20.9. The summed E-state index contributed by atoms with van der Waals surface area (Å²) in [6.45, 7) is 2.78. The molecule has 0 aromatic carbocycles. The zero-order valence-corrected chi connectivity index (χ0v) is 14.4. The first-order chi connectivity index (χ1) is 10.5. The van der Waals surface area contributed by atoms with Crippen molar-refractivity contribution in [3.05, 3.63) is 0 Å². The molecule has 0 atom stereocenters. The zero-order chi connectivity index (χ0) is 16.8. The van der Waals surface area contributed by atoms with Crippen LogP contribution in [-0.2, 0) is 9.59 Å². The van der Waals surface area contributed by atoms with Crippen molar-refractivity contribution in [3.63, 3.8) is 0 Å². The van der Waals surface area contributed by atoms with Gasteiger partial charge in [0.05, 0.1) is 0 Å². The molecule has 0 spiro atoms. The summed E-state index contributed by atoms with van der Waals surface area (Å²) in [5.41, 5.74) is 10.8. The Morgan fingerprint density at radius 3 is 1.36 bits per heavy atom. The second-order valence-corrected chi connectivity index (χ2v) is 5.83. The van der Waals surface area contributed by atoms with Gasteiger partial charge in [-0.1, -0.05) is 0 Å². The first-order valence-electron chi connectivity index (χ1n) is 8.41. The fourth-order valence-electron chi connectivity index (χ4n) is 2.17. The van der Waals surface area contributed by atoms with Crippen LogP contribution < -0.4 is 11.5 Å². The lowest BCUT2D eigenvalue weighted by molar-refractivity contribution is -0.131. The van der Waals surface area contributed by atoms with Crippen LogP contribution in [0.1, 0.15) is 51.4 Å². The Labute approximate surface area is 135 Å². The van der Waals surface area contributed by atoms with Crippen molar-refractivity contribution in [3.8, 4) is 0 Å². The molecule has 0 aliphatic rings. The first-order valence-corrected chi connectivity index (χ1v) is 8.41. The zero-order valence-electron chi connectivity index (χ0n) is 14.4. The van der Waals surface area contributed by atoms with E-state index in [0.29, 0.717) is 25.9 Å². The van der Waals surface area contributed by atoms with E-state index >= 15 is 0 Å². The number of rotatable bonds is 13. The second-order valence-electron chi connectivity index (χ2n) is 5.83. The van der Waals surface area contributed by atoms with Crippen LogP contribution in [0.15, 0.2) is 0 Å². The van der Waals surface area contributed by atoms with Crippen LogP contribution in [0.5, 0.6) is 0 Å². The van der Waals surface area contributed by atoms with Crippen molar-refractivity contribution in [1.29, 1.82) is 0 Å². The minimum atomic E-state index is 0.180. The molecular formula is C16H34N4O2. The van der Waals surface area contributed by atoms with Crippen molar-refractivity contribution in [1.82, 2.24) is 9.80 Å². The van der Waals surface area contributed by atoms with Crippen LogP contribution in [0.4, 0.5) is 0 Å². The Balaban J connectivity index is 3.69. The molecule has 0 bridgehead atoms. The summed E-state index contributed by atoms with van der Waals surface area (Å²) in [5.74, 6) is 0.360. The molecule has 22 heavy (non-hydrogen) atoms. The number of carbonyl (C=O) groups is 2. The molecule has 0 heterocycles. The van der Waals surface area contributed by atoms with E-state index in [1.807, 2.05) is 14.1 Å². The maximum Gasteiger partial charge on any atom is 0.222 e. The third-order valence-electron chi connectivity index (χ3n) is 3.78. The Hall–Kier alpha value is -1.14. The quantitative estimate of drug-likeness (QED) is 0.495. The second kappa shape index (κ2) is 13.5. The largest absolute Gasteiger partial charge is 0.346 e. The third kappa shape index (κ3) is 10.6. The predicted octanol–water partition coefficient (Wildman–Crippen LogP) is 0.941. The molecule has 6 heteroatoms. The van der Waals surface area contributed by atoms with Gasteiger partial charge in [0.1, 0.15) is 0 Å². The van der Waals surface area contributed by atoms with Gasteiger partial charge >= 0.3 is 0 Å². The van der Waals surface area contributed by atoms with Crippen LogP contribution in [0.25, 0.3) is 0 Å². The summed E-state index contributed by atoms with van der Waals surface area (Å²) >= 11 is 0. The van der Waals surface area contributed by atoms with Gasteiger partial charge in [-0.05, 0) is 51.6 Å². The van der Waals surface area contributed by atoms with E-state index in [4.69, 9.17) is 11.5 Å². The Morgan fingerprint density at radius 2 is 1.05 bits per heavy atom. The van der Waals surface area contributed by atoms with Crippen LogP contribution in [0.2, 0.25) is 0 Å². The molecule has 0 rings (SSSR count). The molecule has 0 saturated carbocycles. The molecule has 0 fully saturated rings. The number of amides is 2. The van der Waals surface area contributed by atoms with Crippen molar-refractivity contribution < 1.29 is 9.59 Å². The highest BCUT2D eigenvalue weighted by Gasteiger charge is 2.10. The standard InChI is InChI=1S/C16H34N4O2/c1-19(15(21)9-3-5-11-17)13-7-8-14-20(2)16(22)10-4-6-12-18/h3-14,17-18H2,1-2H3. The molecule has 0 aliphatic heterocycles. The molecule has 6 nitrogen and oxygen atoms in total. The van der Waals surface area contributed by atoms with Crippen molar-refractivity contribution in [2.75, 3.05) is 40.3 Å². The minimum absolute atomic E-state index is 0.180. The molecule has 2 amide bonds. The van der Waals surface area contributed by atoms with Gasteiger partial charge < -0.3 is 21.3 Å². The van der Waals surface area contributed by atoms with Gasteiger partial charge in [0, 0.05) is 40.0 Å². The molecular weight excluding hydrogens is 280 g/mol. The number of carbonyl (C=O) groups excluding carboxylic acids is 2. The van der Waals surface area contributed by atoms with Gasteiger partial charge in [0.2, 0.25) is 11.8 Å². The topological polar surface area (TPSA) is 92.7 Å². The highest BCUT2D eigenvalue weighted by molar-refractivity contribution is 5.76.